The molecule has 1 saturated heterocycles. The van der Waals surface area contributed by atoms with Crippen LogP contribution in [0.4, 0.5) is 17.1 Å². The van der Waals surface area contributed by atoms with Gasteiger partial charge in [-0.3, -0.25) is 10.1 Å². The number of nitrogens with zero attached hydrogens (tertiary/aromatic N) is 2. The topological polar surface area (TPSA) is 146 Å². The van der Waals surface area contributed by atoms with E-state index in [1.165, 1.54) is 6.07 Å². The molecule has 2 unspecified atom stereocenters. The van der Waals surface area contributed by atoms with Crippen LogP contribution in [-0.4, -0.2) is 69.2 Å². The van der Waals surface area contributed by atoms with E-state index in [4.69, 9.17) is 9.47 Å². The van der Waals surface area contributed by atoms with E-state index in [1.54, 1.807) is 36.4 Å². The van der Waals surface area contributed by atoms with Crippen LogP contribution in [0, 0.1) is 10.1 Å². The molecule has 0 aliphatic carbocycles. The zero-order valence-electron chi connectivity index (χ0n) is 15.9. The third kappa shape index (κ3) is 3.71. The second kappa shape index (κ2) is 8.17. The Kier molecular flexibility index (Phi) is 5.58. The summed E-state index contributed by atoms with van der Waals surface area (Å²) in [6, 6.07) is 11.7. The van der Waals surface area contributed by atoms with Crippen LogP contribution < -0.4 is 9.64 Å². The molecule has 5 atom stereocenters. The molecule has 0 radical (unpaired) electrons. The lowest BCUT2D eigenvalue weighted by molar-refractivity contribution is -0.384. The third-order valence-electron chi connectivity index (χ3n) is 5.42. The van der Waals surface area contributed by atoms with Gasteiger partial charge >= 0.3 is 0 Å². The average Bonchev–Trinajstić information content (AvgIpc) is 3.18. The van der Waals surface area contributed by atoms with E-state index >= 15 is 0 Å². The monoisotopic (exact) mass is 418 g/mol. The third-order valence-corrected chi connectivity index (χ3v) is 5.42. The minimum Gasteiger partial charge on any atom is -0.462 e. The van der Waals surface area contributed by atoms with Gasteiger partial charge in [-0.1, -0.05) is 0 Å². The van der Waals surface area contributed by atoms with Crippen LogP contribution in [0.15, 0.2) is 42.5 Å². The Morgan fingerprint density at radius 3 is 2.50 bits per heavy atom. The molecule has 10 heteroatoms. The first-order chi connectivity index (χ1) is 14.4. The van der Waals surface area contributed by atoms with Crippen LogP contribution in [0.5, 0.6) is 5.75 Å². The number of fused-ring (bicyclic) bond motifs is 1. The van der Waals surface area contributed by atoms with Crippen molar-refractivity contribution < 1.29 is 34.8 Å². The zero-order valence-corrected chi connectivity index (χ0v) is 15.9. The molecule has 0 saturated carbocycles. The fraction of sp³-hybridized carbons (Fsp3) is 0.400. The Hall–Kier alpha value is -2.76. The summed E-state index contributed by atoms with van der Waals surface area (Å²) in [5.41, 5.74) is 2.75. The van der Waals surface area contributed by atoms with E-state index in [2.05, 4.69) is 0 Å². The lowest BCUT2D eigenvalue weighted by Gasteiger charge is -2.39. The number of nitro benzene ring substituents is 1. The molecule has 0 aromatic heterocycles. The van der Waals surface area contributed by atoms with E-state index < -0.39 is 42.2 Å². The predicted octanol–water partition coefficient (Wildman–Crippen LogP) is 0.468. The Morgan fingerprint density at radius 1 is 1.10 bits per heavy atom. The van der Waals surface area contributed by atoms with Gasteiger partial charge in [-0.25, -0.2) is 0 Å². The fourth-order valence-corrected chi connectivity index (χ4v) is 3.77. The van der Waals surface area contributed by atoms with Gasteiger partial charge < -0.3 is 34.8 Å². The van der Waals surface area contributed by atoms with Crippen molar-refractivity contribution in [1.29, 1.82) is 0 Å². The first-order valence-electron chi connectivity index (χ1n) is 9.51. The number of rotatable bonds is 5. The molecule has 160 valence electrons. The fourth-order valence-electron chi connectivity index (χ4n) is 3.77. The van der Waals surface area contributed by atoms with Crippen LogP contribution in [0.1, 0.15) is 5.56 Å². The number of non-ortho nitro benzene ring substituents is 1. The highest BCUT2D eigenvalue weighted by Gasteiger charge is 2.44. The van der Waals surface area contributed by atoms with Gasteiger partial charge in [0, 0.05) is 30.1 Å². The quantitative estimate of drug-likeness (QED) is 0.402. The van der Waals surface area contributed by atoms with E-state index in [9.17, 15) is 30.5 Å². The molecule has 2 heterocycles. The molecule has 30 heavy (non-hydrogen) atoms. The second-order valence-electron chi connectivity index (χ2n) is 7.28. The number of anilines is 2. The van der Waals surface area contributed by atoms with Crippen LogP contribution >= 0.6 is 0 Å². The summed E-state index contributed by atoms with van der Waals surface area (Å²) < 4.78 is 10.9. The molecule has 4 N–H and O–H groups in total. The van der Waals surface area contributed by atoms with Crippen LogP contribution in [0.2, 0.25) is 0 Å². The number of aliphatic hydroxyl groups excluding tert-OH is 4. The standard InChI is InChI=1S/C20H22N2O8/c23-10-16-17(24)18(25)19(26)20(30-16)29-14-4-1-12(2-5-14)21-8-7-11-9-13(22(27)28)3-6-15(11)21/h1-6,9,16-20,23-26H,7-8,10H2/t16?,17-,18?,19-,20+/m1/s1. The van der Waals surface area contributed by atoms with Crippen molar-refractivity contribution in [2.24, 2.45) is 0 Å². The molecule has 0 bridgehead atoms. The Balaban J connectivity index is 1.48. The molecule has 2 aromatic carbocycles. The summed E-state index contributed by atoms with van der Waals surface area (Å²) in [5, 5.41) is 50.0. The van der Waals surface area contributed by atoms with Gasteiger partial charge in [-0.15, -0.1) is 0 Å². The van der Waals surface area contributed by atoms with Gasteiger partial charge in [0.1, 0.15) is 30.2 Å². The maximum Gasteiger partial charge on any atom is 0.269 e. The lowest BCUT2D eigenvalue weighted by Crippen LogP contribution is -2.60. The summed E-state index contributed by atoms with van der Waals surface area (Å²) in [6.45, 7) is 0.152. The molecular formula is C20H22N2O8. The number of ether oxygens (including phenoxy) is 2. The summed E-state index contributed by atoms with van der Waals surface area (Å²) in [5.74, 6) is 0.367. The number of hydrogen-bond acceptors (Lipinski definition) is 9. The minimum atomic E-state index is -1.51. The minimum absolute atomic E-state index is 0.0684. The van der Waals surface area contributed by atoms with E-state index in [0.717, 1.165) is 16.9 Å². The summed E-state index contributed by atoms with van der Waals surface area (Å²) >= 11 is 0. The van der Waals surface area contributed by atoms with Crippen LogP contribution in [0.3, 0.4) is 0 Å². The number of aliphatic hydroxyl groups is 4. The van der Waals surface area contributed by atoms with Crippen LogP contribution in [0.25, 0.3) is 0 Å². The highest BCUT2D eigenvalue weighted by atomic mass is 16.7. The van der Waals surface area contributed by atoms with Crippen LogP contribution in [-0.2, 0) is 11.2 Å². The molecule has 0 spiro atoms. The molecule has 10 nitrogen and oxygen atoms in total. The number of benzene rings is 2. The predicted molar refractivity (Wildman–Crippen MR) is 105 cm³/mol. The second-order valence-corrected chi connectivity index (χ2v) is 7.28. The maximum absolute atomic E-state index is 11.0. The summed E-state index contributed by atoms with van der Waals surface area (Å²) in [6.07, 6.45) is -6.04. The number of hydrogen-bond donors (Lipinski definition) is 4. The van der Waals surface area contributed by atoms with Gasteiger partial charge in [-0.05, 0) is 42.3 Å². The first-order valence-corrected chi connectivity index (χ1v) is 9.51. The molecule has 2 aliphatic heterocycles. The van der Waals surface area contributed by atoms with Crippen molar-refractivity contribution >= 4 is 17.1 Å². The molecule has 4 rings (SSSR count). The highest BCUT2D eigenvalue weighted by Crippen LogP contribution is 2.37. The largest absolute Gasteiger partial charge is 0.462 e. The molecule has 2 aliphatic rings. The van der Waals surface area contributed by atoms with Gasteiger partial charge in [-0.2, -0.15) is 0 Å². The maximum atomic E-state index is 11.0. The van der Waals surface area contributed by atoms with Crippen molar-refractivity contribution in [2.45, 2.75) is 37.1 Å². The lowest BCUT2D eigenvalue weighted by atomic mass is 9.99. The summed E-state index contributed by atoms with van der Waals surface area (Å²) in [4.78, 5) is 12.6. The molecule has 1 fully saturated rings. The van der Waals surface area contributed by atoms with Gasteiger partial charge in [0.25, 0.3) is 5.69 Å². The summed E-state index contributed by atoms with van der Waals surface area (Å²) in [7, 11) is 0. The average molecular weight is 418 g/mol. The first kappa shape index (κ1) is 20.5. The Labute approximate surface area is 171 Å². The molecular weight excluding hydrogens is 396 g/mol. The van der Waals surface area contributed by atoms with Crippen molar-refractivity contribution in [3.05, 3.63) is 58.1 Å². The number of nitro groups is 1. The Morgan fingerprint density at radius 2 is 1.83 bits per heavy atom. The normalized spacial score (nSPS) is 28.3. The zero-order chi connectivity index (χ0) is 21.4. The van der Waals surface area contributed by atoms with Crippen molar-refractivity contribution in [2.75, 3.05) is 18.1 Å². The Bertz CT molecular complexity index is 920. The SMILES string of the molecule is O=[N+]([O-])c1ccc2c(c1)CCN2c1ccc(O[C@H]2OC(CO)[C@@H](O)C(O)[C@H]2O)cc1. The molecule has 0 amide bonds. The van der Waals surface area contributed by atoms with Crippen molar-refractivity contribution in [3.8, 4) is 5.75 Å². The van der Waals surface area contributed by atoms with E-state index in [-0.39, 0.29) is 5.69 Å². The molecule has 2 aromatic rings. The van der Waals surface area contributed by atoms with E-state index in [0.29, 0.717) is 18.7 Å². The van der Waals surface area contributed by atoms with Gasteiger partial charge in [0.15, 0.2) is 0 Å². The van der Waals surface area contributed by atoms with Gasteiger partial charge in [0.05, 0.1) is 11.5 Å². The van der Waals surface area contributed by atoms with E-state index in [1.807, 2.05) is 4.90 Å². The van der Waals surface area contributed by atoms with Gasteiger partial charge in [0.2, 0.25) is 6.29 Å². The highest BCUT2D eigenvalue weighted by molar-refractivity contribution is 5.71. The van der Waals surface area contributed by atoms with Crippen molar-refractivity contribution in [1.82, 2.24) is 0 Å². The van der Waals surface area contributed by atoms with Crippen molar-refractivity contribution in [3.63, 3.8) is 0 Å². The smallest absolute Gasteiger partial charge is 0.269 e.